The van der Waals surface area contributed by atoms with Crippen LogP contribution in [0.2, 0.25) is 0 Å². The molecule has 0 aromatic heterocycles. The van der Waals surface area contributed by atoms with Gasteiger partial charge in [-0.3, -0.25) is 83.3 Å². The third-order valence-electron chi connectivity index (χ3n) is 8.33. The van der Waals surface area contributed by atoms with Crippen LogP contribution in [-0.2, 0) is 101 Å². The van der Waals surface area contributed by atoms with Gasteiger partial charge >= 0.3 is 46.9 Å². The Kier molecular flexibility index (Phi) is 28.3. The van der Waals surface area contributed by atoms with Gasteiger partial charge in [-0.25, -0.2) is 27.4 Å². The number of imide groups is 2. The summed E-state index contributed by atoms with van der Waals surface area (Å²) >= 11 is 1.31. The van der Waals surface area contributed by atoms with Gasteiger partial charge in [-0.05, 0) is 30.4 Å². The van der Waals surface area contributed by atoms with E-state index in [0.29, 0.717) is 37.9 Å². The van der Waals surface area contributed by atoms with Gasteiger partial charge in [0.1, 0.15) is 0 Å². The monoisotopic (exact) mass is 1140 g/mol. The van der Waals surface area contributed by atoms with E-state index in [1.807, 2.05) is 20.8 Å². The molecule has 7 atom stereocenters. The number of rotatable bonds is 40. The fourth-order valence-electron chi connectivity index (χ4n) is 5.05. The number of phosphoric ester groups is 6. The molecular formula is C32H60N2O28P6S. The summed E-state index contributed by atoms with van der Waals surface area (Å²) in [6.07, 6.45) is 4.96. The quantitative estimate of drug-likeness (QED) is 0.0290. The number of hydrogen-bond donors (Lipinski definition) is 6. The third kappa shape index (κ3) is 29.5. The minimum absolute atomic E-state index is 0.00987. The first-order valence-electron chi connectivity index (χ1n) is 20.6. The fraction of sp³-hybridized carbons (Fsp3) is 0.812. The topological polar surface area (TPSA) is 409 Å². The van der Waals surface area contributed by atoms with E-state index in [2.05, 4.69) is 45.2 Å². The predicted octanol–water partition coefficient (Wildman–Crippen LogP) is 3.57. The summed E-state index contributed by atoms with van der Waals surface area (Å²) in [5, 5.41) is -0.574. The molecule has 7 unspecified atom stereocenters. The van der Waals surface area contributed by atoms with Crippen LogP contribution in [0.15, 0.2) is 12.2 Å². The molecule has 4 amide bonds. The van der Waals surface area contributed by atoms with Gasteiger partial charge in [-0.1, -0.05) is 33.6 Å². The first kappa shape index (κ1) is 64.1. The van der Waals surface area contributed by atoms with Crippen molar-refractivity contribution < 1.29 is 130 Å². The Labute approximate surface area is 401 Å². The molecule has 0 aliphatic carbocycles. The van der Waals surface area contributed by atoms with E-state index in [-0.39, 0.29) is 50.0 Å². The zero-order chi connectivity index (χ0) is 52.0. The van der Waals surface area contributed by atoms with E-state index in [9.17, 15) is 75.9 Å². The van der Waals surface area contributed by atoms with Gasteiger partial charge in [0, 0.05) is 31.7 Å². The van der Waals surface area contributed by atoms with Gasteiger partial charge in [-0.2, -0.15) is 0 Å². The van der Waals surface area contributed by atoms with E-state index in [1.54, 1.807) is 0 Å². The largest absolute Gasteiger partial charge is 0.472 e. The second kappa shape index (κ2) is 30.4. The lowest BCUT2D eigenvalue weighted by Gasteiger charge is -2.19. The van der Waals surface area contributed by atoms with Crippen LogP contribution < -0.4 is 0 Å². The zero-order valence-corrected chi connectivity index (χ0v) is 43.9. The van der Waals surface area contributed by atoms with Crippen molar-refractivity contribution in [1.29, 1.82) is 0 Å². The lowest BCUT2D eigenvalue weighted by atomic mass is 9.93. The van der Waals surface area contributed by atoms with E-state index in [4.69, 9.17) is 9.05 Å². The summed E-state index contributed by atoms with van der Waals surface area (Å²) in [5.74, 6) is -1.22. The summed E-state index contributed by atoms with van der Waals surface area (Å²) in [7, 11) is -28.3. The molecule has 0 aromatic carbocycles. The molecule has 37 heteroatoms. The molecule has 1 saturated heterocycles. The zero-order valence-electron chi connectivity index (χ0n) is 37.7. The third-order valence-corrected chi connectivity index (χ3v) is 15.7. The van der Waals surface area contributed by atoms with Crippen LogP contribution in [0.5, 0.6) is 0 Å². The minimum atomic E-state index is -4.87. The molecule has 1 fully saturated rings. The number of thioether (sulfide) groups is 1. The van der Waals surface area contributed by atoms with Crippen molar-refractivity contribution in [3.05, 3.63) is 12.2 Å². The van der Waals surface area contributed by atoms with E-state index >= 15 is 0 Å². The SMILES string of the molecule is CC(C)(C)CCOP(=O)(O)OCCOP(=O)(O)OCCOP(=O)(O)OCCOP(=O)(O)OCCOP(=O)(O)OCCOP(=O)(O)OCCCCCCSC1CC(=O)N(CCN2C(=O)C=CC2=O)C1=O. The highest BCUT2D eigenvalue weighted by atomic mass is 32.2. The molecule has 0 spiro atoms. The Hall–Kier alpha value is -0.970. The van der Waals surface area contributed by atoms with Gasteiger partial charge in [-0.15, -0.1) is 11.8 Å². The number of carbonyl (C=O) groups excluding carboxylic acids is 4. The molecule has 0 saturated carbocycles. The maximum atomic E-state index is 12.7. The molecule has 2 heterocycles. The number of phosphoric acid groups is 6. The highest BCUT2D eigenvalue weighted by Crippen LogP contribution is 2.49. The molecule has 2 aliphatic rings. The number of unbranched alkanes of at least 4 members (excludes halogenated alkanes) is 3. The first-order chi connectivity index (χ1) is 31.9. The van der Waals surface area contributed by atoms with Crippen molar-refractivity contribution in [2.75, 3.05) is 98.1 Å². The normalized spacial score (nSPS) is 21.0. The van der Waals surface area contributed by atoms with Crippen LogP contribution in [0.4, 0.5) is 0 Å². The molecule has 402 valence electrons. The lowest BCUT2D eigenvalue weighted by Crippen LogP contribution is -2.41. The molecule has 69 heavy (non-hydrogen) atoms. The summed E-state index contributed by atoms with van der Waals surface area (Å²) in [5.41, 5.74) is -0.172. The predicted molar refractivity (Wildman–Crippen MR) is 236 cm³/mol. The number of amides is 4. The Bertz CT molecular complexity index is 1990. The molecule has 30 nitrogen and oxygen atoms in total. The first-order valence-corrected chi connectivity index (χ1v) is 30.7. The van der Waals surface area contributed by atoms with Crippen molar-refractivity contribution in [3.8, 4) is 0 Å². The van der Waals surface area contributed by atoms with Crippen molar-refractivity contribution in [2.45, 2.75) is 64.5 Å². The van der Waals surface area contributed by atoms with Crippen molar-refractivity contribution in [2.24, 2.45) is 5.41 Å². The number of nitrogens with zero attached hydrogens (tertiary/aromatic N) is 2. The Morgan fingerprint density at radius 1 is 0.478 bits per heavy atom. The highest BCUT2D eigenvalue weighted by Gasteiger charge is 2.39. The average Bonchev–Trinajstić information content (AvgIpc) is 3.70. The lowest BCUT2D eigenvalue weighted by molar-refractivity contribution is -0.142. The van der Waals surface area contributed by atoms with Crippen LogP contribution in [0.3, 0.4) is 0 Å². The Morgan fingerprint density at radius 2 is 0.783 bits per heavy atom. The van der Waals surface area contributed by atoms with Crippen molar-refractivity contribution in [3.63, 3.8) is 0 Å². The maximum absolute atomic E-state index is 12.7. The number of likely N-dealkylation sites (tertiary alicyclic amines) is 1. The number of hydrogen-bond acceptors (Lipinski definition) is 23. The summed E-state index contributed by atoms with van der Waals surface area (Å²) in [6.45, 7) is -2.31. The molecule has 2 rings (SSSR count). The Balaban J connectivity index is 1.47. The van der Waals surface area contributed by atoms with Gasteiger partial charge < -0.3 is 29.4 Å². The molecule has 0 bridgehead atoms. The van der Waals surface area contributed by atoms with Crippen LogP contribution >= 0.6 is 58.7 Å². The fourth-order valence-corrected chi connectivity index (χ4v) is 10.4. The number of carbonyl (C=O) groups is 4. The molecule has 0 aromatic rings. The second-order valence-corrected chi connectivity index (χ2v) is 25.2. The van der Waals surface area contributed by atoms with Crippen LogP contribution in [0.25, 0.3) is 0 Å². The molecule has 6 N–H and O–H groups in total. The van der Waals surface area contributed by atoms with Gasteiger partial charge in [0.25, 0.3) is 11.8 Å². The minimum Gasteiger partial charge on any atom is -0.302 e. The standard InChI is InChI=1S/C32H60N2O28P6S/c1-32(2,3)10-14-52-64(41,42)54-16-18-56-66(45,46)58-20-22-60-68(49,50)62-24-23-61-67(47,48)59-21-19-57-65(43,44)55-17-15-53-63(39,40)51-13-6-4-5-7-25-69-27-26-30(37)34(31(27)38)12-11-33-28(35)8-9-29(33)36/h8-9,27H,4-7,10-26H2,1-3H3,(H,39,40)(H,41,42)(H,43,44)(H,45,46)(H,47,48)(H,49,50). The van der Waals surface area contributed by atoms with Gasteiger partial charge in [0.15, 0.2) is 0 Å². The van der Waals surface area contributed by atoms with Crippen molar-refractivity contribution in [1.82, 2.24) is 9.80 Å². The van der Waals surface area contributed by atoms with Crippen LogP contribution in [-0.4, -0.2) is 166 Å². The second-order valence-electron chi connectivity index (χ2n) is 15.1. The molecule has 2 aliphatic heterocycles. The van der Waals surface area contributed by atoms with Gasteiger partial charge in [0.05, 0.1) is 84.5 Å². The van der Waals surface area contributed by atoms with E-state index in [0.717, 1.165) is 22.0 Å². The summed E-state index contributed by atoms with van der Waals surface area (Å²) in [4.78, 5) is 109. The average molecular weight is 1140 g/mol. The summed E-state index contributed by atoms with van der Waals surface area (Å²) in [6, 6.07) is 0. The molecule has 0 radical (unpaired) electrons. The summed E-state index contributed by atoms with van der Waals surface area (Å²) < 4.78 is 127. The Morgan fingerprint density at radius 3 is 1.13 bits per heavy atom. The van der Waals surface area contributed by atoms with Gasteiger partial charge in [0.2, 0.25) is 11.8 Å². The maximum Gasteiger partial charge on any atom is 0.472 e. The van der Waals surface area contributed by atoms with Crippen molar-refractivity contribution >= 4 is 82.3 Å². The smallest absolute Gasteiger partial charge is 0.302 e. The van der Waals surface area contributed by atoms with E-state index in [1.165, 1.54) is 11.8 Å². The highest BCUT2D eigenvalue weighted by molar-refractivity contribution is 8.00. The van der Waals surface area contributed by atoms with Crippen LogP contribution in [0, 0.1) is 5.41 Å². The van der Waals surface area contributed by atoms with Crippen LogP contribution in [0.1, 0.15) is 59.3 Å². The van der Waals surface area contributed by atoms with E-state index < -0.39 is 130 Å². The molecular weight excluding hydrogens is 1080 g/mol.